The van der Waals surface area contributed by atoms with E-state index in [-0.39, 0.29) is 0 Å². The zero-order chi connectivity index (χ0) is 11.2. The number of aryl methyl sites for hydroxylation is 1. The molecule has 1 N–H and O–H groups in total. The van der Waals surface area contributed by atoms with Crippen LogP contribution in [0.5, 0.6) is 0 Å². The molecule has 1 heterocycles. The highest BCUT2D eigenvalue weighted by Gasteiger charge is 2.11. The molecule has 5 nitrogen and oxygen atoms in total. The van der Waals surface area contributed by atoms with E-state index in [2.05, 4.69) is 20.7 Å². The molecule has 1 aromatic rings. The van der Waals surface area contributed by atoms with Crippen molar-refractivity contribution >= 4 is 0 Å². The molecule has 1 aliphatic rings. The minimum atomic E-state index is 0.643. The summed E-state index contributed by atoms with van der Waals surface area (Å²) in [6, 6.07) is 0.643. The topological polar surface area (TPSA) is 55.6 Å². The quantitative estimate of drug-likeness (QED) is 0.842. The zero-order valence-corrected chi connectivity index (χ0v) is 10.0. The third-order valence-corrected chi connectivity index (χ3v) is 3.20. The molecule has 0 atom stereocenters. The van der Waals surface area contributed by atoms with Crippen molar-refractivity contribution in [3.63, 3.8) is 0 Å². The SMILES string of the molecule is Cn1nnc(CNC2CCCCCCC2)n1. The Bertz CT molecular complexity index is 301. The van der Waals surface area contributed by atoms with Gasteiger partial charge in [-0.3, -0.25) is 0 Å². The Morgan fingerprint density at radius 1 is 1.19 bits per heavy atom. The summed E-state index contributed by atoms with van der Waals surface area (Å²) in [5.41, 5.74) is 0. The van der Waals surface area contributed by atoms with E-state index < -0.39 is 0 Å². The lowest BCUT2D eigenvalue weighted by Crippen LogP contribution is -2.29. The fourth-order valence-corrected chi connectivity index (χ4v) is 2.29. The summed E-state index contributed by atoms with van der Waals surface area (Å²) in [7, 11) is 1.80. The van der Waals surface area contributed by atoms with Gasteiger partial charge < -0.3 is 5.32 Å². The second kappa shape index (κ2) is 5.94. The van der Waals surface area contributed by atoms with Crippen LogP contribution in [0.2, 0.25) is 0 Å². The summed E-state index contributed by atoms with van der Waals surface area (Å²) in [5, 5.41) is 15.5. The lowest BCUT2D eigenvalue weighted by Gasteiger charge is -2.20. The second-order valence-electron chi connectivity index (χ2n) is 4.62. The molecule has 0 bridgehead atoms. The number of rotatable bonds is 3. The molecule has 0 spiro atoms. The van der Waals surface area contributed by atoms with Crippen LogP contribution in [0.3, 0.4) is 0 Å². The van der Waals surface area contributed by atoms with Crippen LogP contribution in [0.1, 0.15) is 50.8 Å². The molecule has 90 valence electrons. The molecular formula is C11H21N5. The van der Waals surface area contributed by atoms with Gasteiger partial charge in [0.25, 0.3) is 0 Å². The molecular weight excluding hydrogens is 202 g/mol. The molecule has 2 rings (SSSR count). The van der Waals surface area contributed by atoms with Crippen LogP contribution in [-0.2, 0) is 13.6 Å². The van der Waals surface area contributed by atoms with Crippen molar-refractivity contribution in [2.24, 2.45) is 7.05 Å². The first-order chi connectivity index (χ1) is 7.84. The van der Waals surface area contributed by atoms with Gasteiger partial charge in [-0.15, -0.1) is 10.2 Å². The smallest absolute Gasteiger partial charge is 0.188 e. The van der Waals surface area contributed by atoms with Gasteiger partial charge in [-0.2, -0.15) is 4.80 Å². The van der Waals surface area contributed by atoms with Crippen LogP contribution in [0.25, 0.3) is 0 Å². The van der Waals surface area contributed by atoms with Crippen molar-refractivity contribution in [2.45, 2.75) is 57.5 Å². The Morgan fingerprint density at radius 2 is 1.88 bits per heavy atom. The fourth-order valence-electron chi connectivity index (χ4n) is 2.29. The first-order valence-corrected chi connectivity index (χ1v) is 6.31. The van der Waals surface area contributed by atoms with Crippen molar-refractivity contribution in [2.75, 3.05) is 0 Å². The van der Waals surface area contributed by atoms with Crippen LogP contribution in [0, 0.1) is 0 Å². The van der Waals surface area contributed by atoms with E-state index in [0.29, 0.717) is 6.04 Å². The third-order valence-electron chi connectivity index (χ3n) is 3.20. The Kier molecular flexibility index (Phi) is 4.27. The van der Waals surface area contributed by atoms with E-state index in [4.69, 9.17) is 0 Å². The second-order valence-corrected chi connectivity index (χ2v) is 4.62. The maximum atomic E-state index is 4.17. The maximum absolute atomic E-state index is 4.17. The van der Waals surface area contributed by atoms with Crippen molar-refractivity contribution < 1.29 is 0 Å². The minimum absolute atomic E-state index is 0.643. The summed E-state index contributed by atoms with van der Waals surface area (Å²) < 4.78 is 0. The van der Waals surface area contributed by atoms with Gasteiger partial charge >= 0.3 is 0 Å². The molecule has 16 heavy (non-hydrogen) atoms. The monoisotopic (exact) mass is 223 g/mol. The van der Waals surface area contributed by atoms with Gasteiger partial charge in [-0.1, -0.05) is 32.1 Å². The summed E-state index contributed by atoms with van der Waals surface area (Å²) in [4.78, 5) is 1.51. The first-order valence-electron chi connectivity index (χ1n) is 6.31. The summed E-state index contributed by atoms with van der Waals surface area (Å²) in [5.74, 6) is 0.796. The largest absolute Gasteiger partial charge is 0.307 e. The molecule has 0 amide bonds. The van der Waals surface area contributed by atoms with Crippen molar-refractivity contribution in [1.29, 1.82) is 0 Å². The first kappa shape index (κ1) is 11.5. The predicted octanol–water partition coefficient (Wildman–Crippen LogP) is 1.41. The fraction of sp³-hybridized carbons (Fsp3) is 0.909. The van der Waals surface area contributed by atoms with E-state index in [0.717, 1.165) is 12.4 Å². The number of nitrogens with one attached hydrogen (secondary N) is 1. The highest BCUT2D eigenvalue weighted by molar-refractivity contribution is 4.78. The summed E-state index contributed by atoms with van der Waals surface area (Å²) in [6.07, 6.45) is 9.49. The van der Waals surface area contributed by atoms with E-state index in [1.807, 2.05) is 0 Å². The Hall–Kier alpha value is -0.970. The molecule has 1 aliphatic carbocycles. The van der Waals surface area contributed by atoms with Crippen LogP contribution in [-0.4, -0.2) is 26.2 Å². The van der Waals surface area contributed by atoms with Crippen LogP contribution >= 0.6 is 0 Å². The van der Waals surface area contributed by atoms with Gasteiger partial charge in [-0.05, 0) is 18.1 Å². The molecule has 1 aromatic heterocycles. The maximum Gasteiger partial charge on any atom is 0.188 e. The normalized spacial score (nSPS) is 19.3. The number of tetrazole rings is 1. The van der Waals surface area contributed by atoms with Crippen molar-refractivity contribution in [3.05, 3.63) is 5.82 Å². The van der Waals surface area contributed by atoms with Crippen LogP contribution in [0.4, 0.5) is 0 Å². The van der Waals surface area contributed by atoms with E-state index in [1.54, 1.807) is 7.05 Å². The summed E-state index contributed by atoms with van der Waals surface area (Å²) in [6.45, 7) is 0.749. The predicted molar refractivity (Wildman–Crippen MR) is 61.7 cm³/mol. The average molecular weight is 223 g/mol. The van der Waals surface area contributed by atoms with Gasteiger partial charge in [0.1, 0.15) is 0 Å². The minimum Gasteiger partial charge on any atom is -0.307 e. The average Bonchev–Trinajstić information content (AvgIpc) is 2.63. The molecule has 0 unspecified atom stereocenters. The lowest BCUT2D eigenvalue weighted by molar-refractivity contribution is 0.385. The number of hydrogen-bond donors (Lipinski definition) is 1. The molecule has 0 aliphatic heterocycles. The van der Waals surface area contributed by atoms with Gasteiger partial charge in [0.05, 0.1) is 13.6 Å². The third kappa shape index (κ3) is 3.56. The van der Waals surface area contributed by atoms with E-state index in [9.17, 15) is 0 Å². The van der Waals surface area contributed by atoms with Crippen LogP contribution < -0.4 is 5.32 Å². The van der Waals surface area contributed by atoms with E-state index >= 15 is 0 Å². The Labute approximate surface area is 96.6 Å². The summed E-state index contributed by atoms with van der Waals surface area (Å²) >= 11 is 0. The number of nitrogens with zero attached hydrogens (tertiary/aromatic N) is 4. The standard InChI is InChI=1S/C11H21N5/c1-16-14-11(13-15-16)9-12-10-7-5-3-2-4-6-8-10/h10,12H,2-9H2,1H3. The highest BCUT2D eigenvalue weighted by Crippen LogP contribution is 2.17. The zero-order valence-electron chi connectivity index (χ0n) is 10.0. The lowest BCUT2D eigenvalue weighted by atomic mass is 9.97. The molecule has 1 saturated carbocycles. The Morgan fingerprint density at radius 3 is 2.50 bits per heavy atom. The number of hydrogen-bond acceptors (Lipinski definition) is 4. The molecule has 0 radical (unpaired) electrons. The number of aromatic nitrogens is 4. The van der Waals surface area contributed by atoms with Gasteiger partial charge in [0.2, 0.25) is 0 Å². The molecule has 1 fully saturated rings. The van der Waals surface area contributed by atoms with Crippen molar-refractivity contribution in [3.8, 4) is 0 Å². The highest BCUT2D eigenvalue weighted by atomic mass is 15.6. The molecule has 0 aromatic carbocycles. The molecule has 0 saturated heterocycles. The van der Waals surface area contributed by atoms with Crippen LogP contribution in [0.15, 0.2) is 0 Å². The van der Waals surface area contributed by atoms with E-state index in [1.165, 1.54) is 49.7 Å². The molecule has 5 heteroatoms. The van der Waals surface area contributed by atoms with Crippen molar-refractivity contribution in [1.82, 2.24) is 25.5 Å². The van der Waals surface area contributed by atoms with Gasteiger partial charge in [0.15, 0.2) is 5.82 Å². The van der Waals surface area contributed by atoms with Gasteiger partial charge in [-0.25, -0.2) is 0 Å². The van der Waals surface area contributed by atoms with Gasteiger partial charge in [0, 0.05) is 6.04 Å². The Balaban J connectivity index is 1.75.